The molecule has 3 atom stereocenters. The Balaban J connectivity index is 1.89. The lowest BCUT2D eigenvalue weighted by Crippen LogP contribution is -2.62. The van der Waals surface area contributed by atoms with E-state index in [1.165, 1.54) is 12.8 Å². The molecule has 0 amide bonds. The summed E-state index contributed by atoms with van der Waals surface area (Å²) in [7, 11) is 0. The average molecular weight is 208 g/mol. The van der Waals surface area contributed by atoms with Crippen LogP contribution in [0.3, 0.4) is 0 Å². The summed E-state index contributed by atoms with van der Waals surface area (Å²) < 4.78 is 5.24. The number of hydrogen-bond donors (Lipinski definition) is 1. The molecule has 2 rings (SSSR count). The summed E-state index contributed by atoms with van der Waals surface area (Å²) in [6, 6.07) is 2.85. The van der Waals surface area contributed by atoms with Gasteiger partial charge in [-0.1, -0.05) is 13.8 Å². The van der Waals surface area contributed by atoms with E-state index in [0.717, 1.165) is 11.8 Å². The summed E-state index contributed by atoms with van der Waals surface area (Å²) in [5, 5.41) is 12.4. The van der Waals surface area contributed by atoms with E-state index in [1.54, 1.807) is 0 Å². The van der Waals surface area contributed by atoms with Gasteiger partial charge in [-0.3, -0.25) is 0 Å². The summed E-state index contributed by atoms with van der Waals surface area (Å²) in [6.07, 6.45) is 3.06. The lowest BCUT2D eigenvalue weighted by atomic mass is 9.92. The van der Waals surface area contributed by atoms with E-state index in [-0.39, 0.29) is 5.54 Å². The molecule has 0 aromatic carbocycles. The molecule has 2 fully saturated rings. The molecule has 0 bridgehead atoms. The van der Waals surface area contributed by atoms with Crippen molar-refractivity contribution >= 4 is 0 Å². The van der Waals surface area contributed by atoms with Crippen LogP contribution >= 0.6 is 0 Å². The SMILES string of the molecule is C[C@@H]1CC(NC2(CC#N)COC2)C[C@@H]1C. The van der Waals surface area contributed by atoms with Crippen molar-refractivity contribution in [2.75, 3.05) is 13.2 Å². The Morgan fingerprint density at radius 3 is 2.33 bits per heavy atom. The monoisotopic (exact) mass is 208 g/mol. The third kappa shape index (κ3) is 2.16. The van der Waals surface area contributed by atoms with Gasteiger partial charge in [0.25, 0.3) is 0 Å². The Morgan fingerprint density at radius 1 is 1.33 bits per heavy atom. The molecule has 1 saturated carbocycles. The molecule has 15 heavy (non-hydrogen) atoms. The Hall–Kier alpha value is -0.590. The van der Waals surface area contributed by atoms with Crippen LogP contribution in [0, 0.1) is 23.2 Å². The highest BCUT2D eigenvalue weighted by atomic mass is 16.5. The maximum absolute atomic E-state index is 8.80. The summed E-state index contributed by atoms with van der Waals surface area (Å²) in [5.74, 6) is 1.62. The number of nitrogens with zero attached hydrogens (tertiary/aromatic N) is 1. The molecule has 1 saturated heterocycles. The van der Waals surface area contributed by atoms with E-state index in [2.05, 4.69) is 25.2 Å². The van der Waals surface area contributed by atoms with Crippen molar-refractivity contribution in [2.24, 2.45) is 11.8 Å². The number of ether oxygens (including phenoxy) is 1. The van der Waals surface area contributed by atoms with Crippen molar-refractivity contribution in [2.45, 2.75) is 44.7 Å². The van der Waals surface area contributed by atoms with Crippen LogP contribution in [0.15, 0.2) is 0 Å². The normalized spacial score (nSPS) is 38.3. The van der Waals surface area contributed by atoms with Crippen LogP contribution in [0.5, 0.6) is 0 Å². The summed E-state index contributed by atoms with van der Waals surface area (Å²) in [6.45, 7) is 6.06. The van der Waals surface area contributed by atoms with Gasteiger partial charge in [-0.05, 0) is 24.7 Å². The van der Waals surface area contributed by atoms with Gasteiger partial charge in [0, 0.05) is 6.04 Å². The first kappa shape index (κ1) is 10.9. The van der Waals surface area contributed by atoms with Gasteiger partial charge in [0.1, 0.15) is 0 Å². The van der Waals surface area contributed by atoms with Crippen molar-refractivity contribution in [1.82, 2.24) is 5.32 Å². The molecular formula is C12H20N2O. The van der Waals surface area contributed by atoms with Crippen molar-refractivity contribution in [1.29, 1.82) is 5.26 Å². The molecule has 1 aliphatic carbocycles. The van der Waals surface area contributed by atoms with Gasteiger partial charge in [0.15, 0.2) is 0 Å². The van der Waals surface area contributed by atoms with Crippen molar-refractivity contribution in [3.8, 4) is 6.07 Å². The standard InChI is InChI=1S/C12H20N2O/c1-9-5-11(6-10(9)2)14-12(3-4-13)7-15-8-12/h9-11,14H,3,5-8H2,1-2H3/t9-,10+,11?. The topological polar surface area (TPSA) is 45.0 Å². The summed E-state index contributed by atoms with van der Waals surface area (Å²) in [4.78, 5) is 0. The van der Waals surface area contributed by atoms with Crippen LogP contribution < -0.4 is 5.32 Å². The van der Waals surface area contributed by atoms with E-state index in [4.69, 9.17) is 10.00 Å². The molecule has 3 nitrogen and oxygen atoms in total. The van der Waals surface area contributed by atoms with Crippen molar-refractivity contribution in [3.05, 3.63) is 0 Å². The molecular weight excluding hydrogens is 188 g/mol. The molecule has 1 unspecified atom stereocenters. The molecule has 3 heteroatoms. The van der Waals surface area contributed by atoms with Crippen LogP contribution in [0.1, 0.15) is 33.1 Å². The predicted molar refractivity (Wildman–Crippen MR) is 58.3 cm³/mol. The molecule has 1 aliphatic heterocycles. The molecule has 1 N–H and O–H groups in total. The van der Waals surface area contributed by atoms with Crippen molar-refractivity contribution < 1.29 is 4.74 Å². The van der Waals surface area contributed by atoms with Gasteiger partial charge < -0.3 is 10.1 Å². The van der Waals surface area contributed by atoms with Gasteiger partial charge in [0.05, 0.1) is 31.2 Å². The van der Waals surface area contributed by atoms with E-state index >= 15 is 0 Å². The summed E-state index contributed by atoms with van der Waals surface area (Å²) >= 11 is 0. The highest BCUT2D eigenvalue weighted by Gasteiger charge is 2.42. The fraction of sp³-hybridized carbons (Fsp3) is 0.917. The van der Waals surface area contributed by atoms with E-state index < -0.39 is 0 Å². The lowest BCUT2D eigenvalue weighted by Gasteiger charge is -2.42. The maximum Gasteiger partial charge on any atom is 0.0786 e. The minimum Gasteiger partial charge on any atom is -0.377 e. The summed E-state index contributed by atoms with van der Waals surface area (Å²) in [5.41, 5.74) is -0.0246. The van der Waals surface area contributed by atoms with Gasteiger partial charge in [-0.2, -0.15) is 5.26 Å². The minimum absolute atomic E-state index is 0.0246. The first-order chi connectivity index (χ1) is 7.15. The second-order valence-corrected chi connectivity index (χ2v) is 5.38. The smallest absolute Gasteiger partial charge is 0.0786 e. The first-order valence-corrected chi connectivity index (χ1v) is 5.87. The molecule has 84 valence electrons. The highest BCUT2D eigenvalue weighted by molar-refractivity contribution is 5.03. The number of nitriles is 1. The zero-order chi connectivity index (χ0) is 10.9. The van der Waals surface area contributed by atoms with Crippen LogP contribution in [0.25, 0.3) is 0 Å². The van der Waals surface area contributed by atoms with Gasteiger partial charge in [-0.25, -0.2) is 0 Å². The van der Waals surface area contributed by atoms with Crippen LogP contribution in [-0.2, 0) is 4.74 Å². The molecule has 1 heterocycles. The molecule has 0 spiro atoms. The fourth-order valence-electron chi connectivity index (χ4n) is 2.75. The van der Waals surface area contributed by atoms with E-state index in [1.807, 2.05) is 0 Å². The molecule has 0 aromatic heterocycles. The Labute approximate surface area is 91.8 Å². The van der Waals surface area contributed by atoms with Gasteiger partial charge >= 0.3 is 0 Å². The average Bonchev–Trinajstić information content (AvgIpc) is 2.42. The first-order valence-electron chi connectivity index (χ1n) is 5.87. The Morgan fingerprint density at radius 2 is 1.93 bits per heavy atom. The van der Waals surface area contributed by atoms with Gasteiger partial charge in [0.2, 0.25) is 0 Å². The predicted octanol–water partition coefficient (Wildman–Crippen LogP) is 1.69. The Bertz CT molecular complexity index is 257. The molecule has 0 aromatic rings. The van der Waals surface area contributed by atoms with Crippen LogP contribution in [0.4, 0.5) is 0 Å². The zero-order valence-corrected chi connectivity index (χ0v) is 9.62. The third-order valence-electron chi connectivity index (χ3n) is 3.97. The van der Waals surface area contributed by atoms with E-state index in [0.29, 0.717) is 25.7 Å². The van der Waals surface area contributed by atoms with Gasteiger partial charge in [-0.15, -0.1) is 0 Å². The fourth-order valence-corrected chi connectivity index (χ4v) is 2.75. The number of nitrogens with one attached hydrogen (secondary N) is 1. The number of rotatable bonds is 3. The number of hydrogen-bond acceptors (Lipinski definition) is 3. The lowest BCUT2D eigenvalue weighted by molar-refractivity contribution is -0.0769. The van der Waals surface area contributed by atoms with Crippen LogP contribution in [0.2, 0.25) is 0 Å². The molecule has 0 radical (unpaired) electrons. The van der Waals surface area contributed by atoms with Crippen molar-refractivity contribution in [3.63, 3.8) is 0 Å². The highest BCUT2D eigenvalue weighted by Crippen LogP contribution is 2.33. The van der Waals surface area contributed by atoms with E-state index in [9.17, 15) is 0 Å². The molecule has 2 aliphatic rings. The second kappa shape index (κ2) is 4.11. The van der Waals surface area contributed by atoms with Crippen LogP contribution in [-0.4, -0.2) is 24.8 Å². The third-order valence-corrected chi connectivity index (χ3v) is 3.97. The quantitative estimate of drug-likeness (QED) is 0.767. The largest absolute Gasteiger partial charge is 0.377 e. The minimum atomic E-state index is -0.0246. The second-order valence-electron chi connectivity index (χ2n) is 5.38. The zero-order valence-electron chi connectivity index (χ0n) is 9.62. The maximum atomic E-state index is 8.80. The Kier molecular flexibility index (Phi) is 2.99.